The van der Waals surface area contributed by atoms with Crippen LogP contribution in [0.2, 0.25) is 0 Å². The molecule has 7 rings (SSSR count). The lowest BCUT2D eigenvalue weighted by atomic mass is 9.44. The number of aliphatic hydroxyl groups excluding tert-OH is 1. The van der Waals surface area contributed by atoms with Crippen LogP contribution in [0.5, 0.6) is 5.75 Å². The smallest absolute Gasteiger partial charge is 0.226 e. The van der Waals surface area contributed by atoms with Gasteiger partial charge in [-0.15, -0.1) is 0 Å². The third-order valence-corrected chi connectivity index (χ3v) is 12.2. The van der Waals surface area contributed by atoms with Crippen molar-refractivity contribution in [3.63, 3.8) is 0 Å². The zero-order chi connectivity index (χ0) is 31.8. The predicted molar refractivity (Wildman–Crippen MR) is 164 cm³/mol. The maximum absolute atomic E-state index is 17.6. The summed E-state index contributed by atoms with van der Waals surface area (Å²) in [6.45, 7) is 4.05. The normalized spacial score (nSPS) is 39.9. The van der Waals surface area contributed by atoms with Crippen molar-refractivity contribution in [2.24, 2.45) is 28.6 Å². The van der Waals surface area contributed by atoms with Crippen LogP contribution in [0.15, 0.2) is 78.4 Å². The Morgan fingerprint density at radius 3 is 2.56 bits per heavy atom. The number of thioether (sulfide) groups is 1. The minimum Gasteiger partial charge on any atom is -0.489 e. The van der Waals surface area contributed by atoms with Gasteiger partial charge in [0, 0.05) is 22.7 Å². The Hall–Kier alpha value is -3.08. The Balaban J connectivity index is 1.20. The molecule has 0 spiro atoms. The minimum absolute atomic E-state index is 0.0481. The monoisotopic (exact) mass is 639 g/mol. The van der Waals surface area contributed by atoms with Gasteiger partial charge in [0.05, 0.1) is 18.3 Å². The number of ketones is 1. The summed E-state index contributed by atoms with van der Waals surface area (Å²) in [5.74, 6) is -1.69. The zero-order valence-electron chi connectivity index (χ0n) is 25.1. The average Bonchev–Trinajstić information content (AvgIpc) is 3.53. The topological polar surface area (TPSA) is 76.1 Å². The van der Waals surface area contributed by atoms with Gasteiger partial charge in [0.15, 0.2) is 17.1 Å². The lowest BCUT2D eigenvalue weighted by Crippen LogP contribution is -2.70. The standard InChI is InChI=1S/C35H36F3NO5S/c1-32-13-12-24(40)15-28(32)29(37)16-27-26-14-22-18-39(23-8-10-25(11-9-23)43-19-21-6-4-3-5-7-21)44-35(22,31(42)45-20-36)33(26,2)17-30(41)34(27,32)38/h3-13,15,22,26-27,29-30,41H,14,16-20H2,1-2H3/t22-,26-,27-,29-,30-,32-,33-,34-,35-/m0/s1. The molecular weight excluding hydrogens is 603 g/mol. The first-order valence-electron chi connectivity index (χ1n) is 15.4. The van der Waals surface area contributed by atoms with Crippen LogP contribution in [0.25, 0.3) is 0 Å². The van der Waals surface area contributed by atoms with Gasteiger partial charge in [-0.2, -0.15) is 0 Å². The molecule has 6 nitrogen and oxygen atoms in total. The Morgan fingerprint density at radius 2 is 1.84 bits per heavy atom. The van der Waals surface area contributed by atoms with Gasteiger partial charge < -0.3 is 9.84 Å². The summed E-state index contributed by atoms with van der Waals surface area (Å²) in [5.41, 5.74) is -4.71. The van der Waals surface area contributed by atoms with E-state index in [1.54, 1.807) is 12.0 Å². The molecule has 2 aromatic rings. The number of rotatable bonds is 6. The van der Waals surface area contributed by atoms with E-state index in [0.29, 0.717) is 36.2 Å². The highest BCUT2D eigenvalue weighted by Gasteiger charge is 2.79. The first-order valence-corrected chi connectivity index (χ1v) is 16.4. The van der Waals surface area contributed by atoms with Crippen molar-refractivity contribution >= 4 is 28.3 Å². The van der Waals surface area contributed by atoms with Gasteiger partial charge in [0.2, 0.25) is 5.12 Å². The van der Waals surface area contributed by atoms with Crippen molar-refractivity contribution in [1.82, 2.24) is 0 Å². The number of anilines is 1. The van der Waals surface area contributed by atoms with Crippen LogP contribution in [-0.2, 0) is 21.0 Å². The van der Waals surface area contributed by atoms with E-state index in [1.807, 2.05) is 61.5 Å². The van der Waals surface area contributed by atoms with Gasteiger partial charge >= 0.3 is 0 Å². The number of hydrogen-bond donors (Lipinski definition) is 1. The SMILES string of the molecule is C[C@]12C=CC(=O)C=C1[C@@H](F)C[C@H]1[C@@H]3C[C@H]4CN(c5ccc(OCc6ccccc6)cc5)O[C@@]4(C(=O)SCF)[C@@]3(C)C[C@H](O)[C@@]12F. The molecule has 0 aromatic heterocycles. The molecule has 10 heteroatoms. The molecule has 3 saturated carbocycles. The zero-order valence-corrected chi connectivity index (χ0v) is 25.9. The molecule has 2 aromatic carbocycles. The van der Waals surface area contributed by atoms with E-state index in [9.17, 15) is 19.1 Å². The fraction of sp³-hybridized carbons (Fsp3) is 0.486. The van der Waals surface area contributed by atoms with Crippen LogP contribution in [0.3, 0.4) is 0 Å². The summed E-state index contributed by atoms with van der Waals surface area (Å²) in [5, 5.41) is 12.8. The van der Waals surface area contributed by atoms with Crippen molar-refractivity contribution in [3.8, 4) is 5.75 Å². The van der Waals surface area contributed by atoms with Crippen LogP contribution in [0.4, 0.5) is 18.9 Å². The third kappa shape index (κ3) is 4.24. The molecule has 1 N–H and O–H groups in total. The molecule has 0 unspecified atom stereocenters. The molecule has 1 aliphatic heterocycles. The second-order valence-corrected chi connectivity index (χ2v) is 14.4. The molecule has 0 bridgehead atoms. The number of fused-ring (bicyclic) bond motifs is 7. The molecule has 238 valence electrons. The average molecular weight is 640 g/mol. The van der Waals surface area contributed by atoms with Crippen LogP contribution >= 0.6 is 11.8 Å². The van der Waals surface area contributed by atoms with E-state index in [1.165, 1.54) is 12.2 Å². The number of hydroxylamine groups is 1. The van der Waals surface area contributed by atoms with E-state index in [-0.39, 0.29) is 25.0 Å². The van der Waals surface area contributed by atoms with Crippen molar-refractivity contribution < 1.29 is 37.4 Å². The Morgan fingerprint density at radius 1 is 1.11 bits per heavy atom. The number of nitrogens with zero attached hydrogens (tertiary/aromatic N) is 1. The number of carbonyl (C=O) groups is 2. The first kappa shape index (κ1) is 30.6. The number of alkyl halides is 3. The second kappa shape index (κ2) is 10.7. The Kier molecular flexibility index (Phi) is 7.30. The predicted octanol–water partition coefficient (Wildman–Crippen LogP) is 6.49. The van der Waals surface area contributed by atoms with E-state index in [2.05, 4.69) is 0 Å². The van der Waals surface area contributed by atoms with E-state index >= 15 is 8.78 Å². The minimum atomic E-state index is -2.27. The van der Waals surface area contributed by atoms with E-state index in [0.717, 1.165) is 11.6 Å². The number of carbonyl (C=O) groups excluding carboxylic acids is 2. The van der Waals surface area contributed by atoms with Gasteiger partial charge in [-0.3, -0.25) is 19.5 Å². The number of halogens is 3. The van der Waals surface area contributed by atoms with Gasteiger partial charge in [-0.05, 0) is 79.7 Å². The maximum atomic E-state index is 17.6. The number of allylic oxidation sites excluding steroid dienone is 4. The van der Waals surface area contributed by atoms with Gasteiger partial charge in [-0.1, -0.05) is 55.1 Å². The van der Waals surface area contributed by atoms with Crippen molar-refractivity contribution in [1.29, 1.82) is 0 Å². The van der Waals surface area contributed by atoms with Crippen LogP contribution in [0.1, 0.15) is 38.7 Å². The molecule has 0 radical (unpaired) electrons. The highest BCUT2D eigenvalue weighted by atomic mass is 32.2. The van der Waals surface area contributed by atoms with Crippen LogP contribution in [0, 0.1) is 28.6 Å². The van der Waals surface area contributed by atoms with Crippen LogP contribution < -0.4 is 9.80 Å². The van der Waals surface area contributed by atoms with Gasteiger partial charge in [-0.25, -0.2) is 13.2 Å². The molecule has 4 aliphatic carbocycles. The molecule has 9 atom stereocenters. The number of aliphatic hydroxyl groups is 1. The molecule has 0 amide bonds. The quantitative estimate of drug-likeness (QED) is 0.388. The Bertz CT molecular complexity index is 1570. The molecule has 5 aliphatic rings. The summed E-state index contributed by atoms with van der Waals surface area (Å²) in [6.07, 6.45) is 0.618. The fourth-order valence-corrected chi connectivity index (χ4v) is 10.1. The van der Waals surface area contributed by atoms with Crippen molar-refractivity contribution in [2.45, 2.75) is 63.3 Å². The number of ether oxygens (including phenoxy) is 1. The summed E-state index contributed by atoms with van der Waals surface area (Å²) >= 11 is 0.518. The summed E-state index contributed by atoms with van der Waals surface area (Å²) < 4.78 is 53.1. The molecule has 1 saturated heterocycles. The highest BCUT2D eigenvalue weighted by molar-refractivity contribution is 8.13. The van der Waals surface area contributed by atoms with Gasteiger partial charge in [0.1, 0.15) is 24.5 Å². The van der Waals surface area contributed by atoms with E-state index < -0.39 is 69.0 Å². The molecule has 1 heterocycles. The lowest BCUT2D eigenvalue weighted by Gasteiger charge is -2.63. The van der Waals surface area contributed by atoms with Crippen molar-refractivity contribution in [2.75, 3.05) is 17.6 Å². The third-order valence-electron chi connectivity index (χ3n) is 11.5. The van der Waals surface area contributed by atoms with E-state index in [4.69, 9.17) is 9.57 Å². The summed E-state index contributed by atoms with van der Waals surface area (Å²) in [7, 11) is 0. The summed E-state index contributed by atoms with van der Waals surface area (Å²) in [4.78, 5) is 32.7. The first-order chi connectivity index (χ1) is 21.5. The van der Waals surface area contributed by atoms with Gasteiger partial charge in [0.25, 0.3) is 0 Å². The summed E-state index contributed by atoms with van der Waals surface area (Å²) in [6, 6.07) is 16.1. The molecule has 4 fully saturated rings. The fourth-order valence-electron chi connectivity index (χ4n) is 9.35. The highest BCUT2D eigenvalue weighted by Crippen LogP contribution is 2.73. The largest absolute Gasteiger partial charge is 0.489 e. The number of hydrogen-bond acceptors (Lipinski definition) is 7. The lowest BCUT2D eigenvalue weighted by molar-refractivity contribution is -0.225. The van der Waals surface area contributed by atoms with Crippen molar-refractivity contribution in [3.05, 3.63) is 84.0 Å². The molecular formula is C35H36F3NO5S. The number of benzene rings is 2. The maximum Gasteiger partial charge on any atom is 0.226 e. The molecule has 45 heavy (non-hydrogen) atoms. The second-order valence-electron chi connectivity index (χ2n) is 13.5. The van der Waals surface area contributed by atoms with Crippen LogP contribution in [-0.4, -0.2) is 52.1 Å². The Labute approximate surface area is 264 Å².